The summed E-state index contributed by atoms with van der Waals surface area (Å²) in [5, 5.41) is 14.8. The summed E-state index contributed by atoms with van der Waals surface area (Å²) in [4.78, 5) is 13.4. The van der Waals surface area contributed by atoms with E-state index in [4.69, 9.17) is 5.14 Å². The number of imidazole rings is 1. The molecule has 5 rings (SSSR count). The monoisotopic (exact) mass is 532 g/mol. The molecule has 10 nitrogen and oxygen atoms in total. The maximum Gasteiger partial charge on any atom is 0.238 e. The van der Waals surface area contributed by atoms with Gasteiger partial charge in [-0.15, -0.1) is 0 Å². The van der Waals surface area contributed by atoms with Gasteiger partial charge in [0.2, 0.25) is 21.9 Å². The molecule has 38 heavy (non-hydrogen) atoms. The molecule has 0 saturated carbocycles. The maximum atomic E-state index is 13.2. The van der Waals surface area contributed by atoms with Gasteiger partial charge in [-0.1, -0.05) is 12.1 Å². The number of benzene rings is 3. The number of fused-ring (bicyclic) bond motifs is 1. The average Bonchev–Trinajstić information content (AvgIpc) is 3.19. The van der Waals surface area contributed by atoms with E-state index in [-0.39, 0.29) is 10.7 Å². The molecular formula is C26H25FN8O2S. The Morgan fingerprint density at radius 1 is 0.947 bits per heavy atom. The van der Waals surface area contributed by atoms with Crippen LogP contribution in [0.3, 0.4) is 0 Å². The van der Waals surface area contributed by atoms with Crippen molar-refractivity contribution in [2.45, 2.75) is 18.4 Å². The molecule has 3 aromatic carbocycles. The minimum absolute atomic E-state index is 0.0396. The van der Waals surface area contributed by atoms with Crippen LogP contribution in [0.1, 0.15) is 11.1 Å². The third-order valence-corrected chi connectivity index (χ3v) is 6.98. The van der Waals surface area contributed by atoms with E-state index in [1.165, 1.54) is 18.2 Å². The van der Waals surface area contributed by atoms with Gasteiger partial charge in [0, 0.05) is 31.2 Å². The molecule has 12 heteroatoms. The molecule has 0 aliphatic rings. The van der Waals surface area contributed by atoms with Crippen LogP contribution in [0.5, 0.6) is 0 Å². The van der Waals surface area contributed by atoms with E-state index in [0.29, 0.717) is 35.5 Å². The summed E-state index contributed by atoms with van der Waals surface area (Å²) in [5.41, 5.74) is 4.55. The van der Waals surface area contributed by atoms with Crippen molar-refractivity contribution in [1.29, 1.82) is 0 Å². The molecule has 0 bridgehead atoms. The van der Waals surface area contributed by atoms with Gasteiger partial charge in [0.25, 0.3) is 0 Å². The first-order chi connectivity index (χ1) is 18.2. The third-order valence-electron chi connectivity index (χ3n) is 5.93. The molecule has 0 aliphatic heterocycles. The zero-order valence-electron chi connectivity index (χ0n) is 20.6. The molecular weight excluding hydrogens is 507 g/mol. The summed E-state index contributed by atoms with van der Waals surface area (Å²) in [6, 6.07) is 18.7. The molecule has 2 heterocycles. The number of hydrogen-bond donors (Lipinski definition) is 4. The Morgan fingerprint density at radius 3 is 2.47 bits per heavy atom. The van der Waals surface area contributed by atoms with E-state index in [1.54, 1.807) is 43.5 Å². The number of hydrogen-bond acceptors (Lipinski definition) is 8. The number of anilines is 5. The SMILES string of the molecule is Cc1ccc(Nc2nccc(NCc3ccc4c(c3)nc(Nc3ccc(F)cc3)n4C)n2)cc1S(N)(=O)=O. The second-order valence-corrected chi connectivity index (χ2v) is 10.2. The Bertz CT molecular complexity index is 1740. The number of aryl methyl sites for hydroxylation is 2. The number of rotatable bonds is 8. The van der Waals surface area contributed by atoms with Gasteiger partial charge < -0.3 is 20.5 Å². The van der Waals surface area contributed by atoms with E-state index >= 15 is 0 Å². The van der Waals surface area contributed by atoms with Crippen molar-refractivity contribution in [2.24, 2.45) is 12.2 Å². The van der Waals surface area contributed by atoms with Crippen molar-refractivity contribution in [3.63, 3.8) is 0 Å². The molecule has 0 aliphatic carbocycles. The van der Waals surface area contributed by atoms with Gasteiger partial charge in [-0.05, 0) is 72.6 Å². The Kier molecular flexibility index (Phi) is 6.66. The van der Waals surface area contributed by atoms with E-state index in [0.717, 1.165) is 22.3 Å². The number of nitrogens with zero attached hydrogens (tertiary/aromatic N) is 4. The Balaban J connectivity index is 1.28. The standard InChI is InChI=1S/C26H25FN8O2S/c1-16-3-7-20(14-23(16)38(28,36)37)31-25-29-12-11-24(34-25)30-15-17-4-10-22-21(13-17)33-26(35(22)2)32-19-8-5-18(27)6-9-19/h3-14H,15H2,1-2H3,(H,32,33)(H2,28,36,37)(H2,29,30,31,34). The van der Waals surface area contributed by atoms with Crippen LogP contribution in [0.15, 0.2) is 77.8 Å². The first-order valence-corrected chi connectivity index (χ1v) is 13.2. The topological polar surface area (TPSA) is 140 Å². The average molecular weight is 533 g/mol. The lowest BCUT2D eigenvalue weighted by molar-refractivity contribution is 0.597. The third kappa shape index (κ3) is 5.56. The molecule has 0 spiro atoms. The molecule has 0 fully saturated rings. The highest BCUT2D eigenvalue weighted by atomic mass is 32.2. The molecule has 194 valence electrons. The van der Waals surface area contributed by atoms with E-state index in [2.05, 4.69) is 30.9 Å². The summed E-state index contributed by atoms with van der Waals surface area (Å²) in [6.45, 7) is 2.17. The fourth-order valence-electron chi connectivity index (χ4n) is 3.95. The van der Waals surface area contributed by atoms with Crippen LogP contribution in [0.4, 0.5) is 33.5 Å². The highest BCUT2D eigenvalue weighted by Gasteiger charge is 2.13. The van der Waals surface area contributed by atoms with Crippen LogP contribution in [-0.4, -0.2) is 27.9 Å². The number of nitrogens with two attached hydrogens (primary N) is 1. The number of primary sulfonamides is 1. The van der Waals surface area contributed by atoms with Crippen molar-refractivity contribution < 1.29 is 12.8 Å². The van der Waals surface area contributed by atoms with Gasteiger partial charge in [0.1, 0.15) is 11.6 Å². The smallest absolute Gasteiger partial charge is 0.238 e. The van der Waals surface area contributed by atoms with Gasteiger partial charge in [0.15, 0.2) is 0 Å². The minimum Gasteiger partial charge on any atom is -0.366 e. The molecule has 5 aromatic rings. The van der Waals surface area contributed by atoms with Gasteiger partial charge in [-0.25, -0.2) is 27.9 Å². The number of halogens is 1. The Hall–Kier alpha value is -4.55. The summed E-state index contributed by atoms with van der Waals surface area (Å²) in [7, 11) is -1.94. The molecule has 0 saturated heterocycles. The summed E-state index contributed by atoms with van der Waals surface area (Å²) < 4.78 is 38.8. The second kappa shape index (κ2) is 10.1. The van der Waals surface area contributed by atoms with Gasteiger partial charge in [0.05, 0.1) is 15.9 Å². The van der Waals surface area contributed by atoms with Gasteiger partial charge in [-0.3, -0.25) is 0 Å². The number of aromatic nitrogens is 4. The lowest BCUT2D eigenvalue weighted by Gasteiger charge is -2.10. The molecule has 0 amide bonds. The predicted octanol–water partition coefficient (Wildman–Crippen LogP) is 4.56. The first kappa shape index (κ1) is 25.1. The van der Waals surface area contributed by atoms with Crippen LogP contribution in [0.2, 0.25) is 0 Å². The van der Waals surface area contributed by atoms with Crippen LogP contribution in [-0.2, 0) is 23.6 Å². The summed E-state index contributed by atoms with van der Waals surface area (Å²) >= 11 is 0. The van der Waals surface area contributed by atoms with Crippen molar-refractivity contribution in [3.05, 3.63) is 89.9 Å². The van der Waals surface area contributed by atoms with Crippen LogP contribution in [0.25, 0.3) is 11.0 Å². The van der Waals surface area contributed by atoms with Crippen LogP contribution in [0, 0.1) is 12.7 Å². The predicted molar refractivity (Wildman–Crippen MR) is 146 cm³/mol. The van der Waals surface area contributed by atoms with Gasteiger partial charge >= 0.3 is 0 Å². The van der Waals surface area contributed by atoms with E-state index < -0.39 is 10.0 Å². The summed E-state index contributed by atoms with van der Waals surface area (Å²) in [5.74, 6) is 1.23. The lowest BCUT2D eigenvalue weighted by atomic mass is 10.2. The van der Waals surface area contributed by atoms with Crippen LogP contribution >= 0.6 is 0 Å². The molecule has 5 N–H and O–H groups in total. The van der Waals surface area contributed by atoms with Crippen molar-refractivity contribution in [1.82, 2.24) is 19.5 Å². The van der Waals surface area contributed by atoms with E-state index in [1.807, 2.05) is 29.8 Å². The number of sulfonamides is 1. The fraction of sp³-hybridized carbons (Fsp3) is 0.115. The summed E-state index contributed by atoms with van der Waals surface area (Å²) in [6.07, 6.45) is 1.60. The molecule has 2 aromatic heterocycles. The first-order valence-electron chi connectivity index (χ1n) is 11.6. The van der Waals surface area contributed by atoms with Crippen LogP contribution < -0.4 is 21.1 Å². The van der Waals surface area contributed by atoms with Crippen molar-refractivity contribution >= 4 is 50.1 Å². The fourth-order valence-corrected chi connectivity index (χ4v) is 4.76. The molecule has 0 atom stereocenters. The maximum absolute atomic E-state index is 13.2. The highest BCUT2D eigenvalue weighted by molar-refractivity contribution is 7.89. The molecule has 0 unspecified atom stereocenters. The zero-order chi connectivity index (χ0) is 26.9. The largest absolute Gasteiger partial charge is 0.366 e. The zero-order valence-corrected chi connectivity index (χ0v) is 21.4. The van der Waals surface area contributed by atoms with Crippen molar-refractivity contribution in [3.8, 4) is 0 Å². The highest BCUT2D eigenvalue weighted by Crippen LogP contribution is 2.24. The lowest BCUT2D eigenvalue weighted by Crippen LogP contribution is -2.14. The van der Waals surface area contributed by atoms with Gasteiger partial charge in [-0.2, -0.15) is 4.98 Å². The van der Waals surface area contributed by atoms with Crippen molar-refractivity contribution in [2.75, 3.05) is 16.0 Å². The Labute approximate surface area is 218 Å². The quantitative estimate of drug-likeness (QED) is 0.228. The normalized spacial score (nSPS) is 11.5. The Morgan fingerprint density at radius 2 is 1.71 bits per heavy atom. The molecule has 0 radical (unpaired) electrons. The number of nitrogens with one attached hydrogen (secondary N) is 3. The van der Waals surface area contributed by atoms with E-state index in [9.17, 15) is 12.8 Å². The second-order valence-electron chi connectivity index (χ2n) is 8.72. The minimum atomic E-state index is -3.85.